The fraction of sp³-hybridized carbons (Fsp3) is 0.714. The molecule has 2 aliphatic rings. The Balaban J connectivity index is 2.20. The summed E-state index contributed by atoms with van der Waals surface area (Å²) in [5, 5.41) is 0. The molecule has 0 heterocycles. The summed E-state index contributed by atoms with van der Waals surface area (Å²) < 4.78 is 8.96. The van der Waals surface area contributed by atoms with Gasteiger partial charge in [0.2, 0.25) is 0 Å². The van der Waals surface area contributed by atoms with E-state index in [1.54, 1.807) is 0 Å². The van der Waals surface area contributed by atoms with E-state index in [4.69, 9.17) is 0 Å². The van der Waals surface area contributed by atoms with Crippen molar-refractivity contribution in [3.8, 4) is 0 Å². The number of ether oxygens (including phenoxy) is 2. The molecule has 0 saturated heterocycles. The first kappa shape index (κ1) is 14.7. The van der Waals surface area contributed by atoms with E-state index in [0.29, 0.717) is 12.8 Å². The first-order chi connectivity index (χ1) is 9.51. The summed E-state index contributed by atoms with van der Waals surface area (Å²) in [5.74, 6) is -1.44. The molecule has 2 rings (SSSR count). The molecule has 0 spiro atoms. The minimum Gasteiger partial charge on any atom is -0.395 e. The normalized spacial score (nSPS) is 38.9. The van der Waals surface area contributed by atoms with E-state index < -0.39 is 11.9 Å². The fourth-order valence-electron chi connectivity index (χ4n) is 4.29. The first-order valence-electron chi connectivity index (χ1n) is 6.79. The lowest BCUT2D eigenvalue weighted by Gasteiger charge is -2.22. The van der Waals surface area contributed by atoms with Crippen molar-refractivity contribution >= 4 is 24.9 Å². The van der Waals surface area contributed by atoms with Crippen LogP contribution in [-0.4, -0.2) is 24.9 Å². The summed E-state index contributed by atoms with van der Waals surface area (Å²) in [7, 11) is 0. The highest BCUT2D eigenvalue weighted by Crippen LogP contribution is 2.56. The van der Waals surface area contributed by atoms with Crippen LogP contribution in [-0.2, 0) is 28.7 Å². The van der Waals surface area contributed by atoms with Gasteiger partial charge in [-0.05, 0) is 36.5 Å². The first-order valence-corrected chi connectivity index (χ1v) is 6.79. The van der Waals surface area contributed by atoms with Crippen LogP contribution in [0, 0.1) is 35.5 Å². The Hall–Kier alpha value is -1.72. The second-order valence-corrected chi connectivity index (χ2v) is 5.86. The third kappa shape index (κ3) is 2.34. The average molecular weight is 282 g/mol. The summed E-state index contributed by atoms with van der Waals surface area (Å²) in [6.07, 6.45) is 1.19. The van der Waals surface area contributed by atoms with Crippen LogP contribution >= 0.6 is 0 Å². The summed E-state index contributed by atoms with van der Waals surface area (Å²) in [4.78, 5) is 44.4. The molecular formula is C14H18O6. The maximum absolute atomic E-state index is 11.9. The molecule has 2 fully saturated rings. The van der Waals surface area contributed by atoms with Gasteiger partial charge in [-0.15, -0.1) is 0 Å². The Morgan fingerprint density at radius 1 is 0.850 bits per heavy atom. The van der Waals surface area contributed by atoms with Gasteiger partial charge in [-0.25, -0.2) is 0 Å². The van der Waals surface area contributed by atoms with Gasteiger partial charge < -0.3 is 9.47 Å². The van der Waals surface area contributed by atoms with Gasteiger partial charge in [-0.3, -0.25) is 19.2 Å². The van der Waals surface area contributed by atoms with E-state index in [0.717, 1.165) is 0 Å². The van der Waals surface area contributed by atoms with Gasteiger partial charge >= 0.3 is 24.9 Å². The van der Waals surface area contributed by atoms with Crippen LogP contribution in [0.15, 0.2) is 0 Å². The predicted octanol–water partition coefficient (Wildman–Crippen LogP) is 0.930. The number of esters is 2. The minimum absolute atomic E-state index is 0.00153. The van der Waals surface area contributed by atoms with Crippen molar-refractivity contribution in [1.29, 1.82) is 0 Å². The topological polar surface area (TPSA) is 86.7 Å². The van der Waals surface area contributed by atoms with Crippen molar-refractivity contribution in [1.82, 2.24) is 0 Å². The molecule has 2 aliphatic carbocycles. The fourth-order valence-corrected chi connectivity index (χ4v) is 4.29. The molecule has 0 aromatic rings. The quantitative estimate of drug-likeness (QED) is 0.433. The molecule has 6 nitrogen and oxygen atoms in total. The Labute approximate surface area is 116 Å². The van der Waals surface area contributed by atoms with E-state index in [1.165, 1.54) is 0 Å². The Kier molecular flexibility index (Phi) is 4.20. The molecule has 6 atom stereocenters. The van der Waals surface area contributed by atoms with E-state index in [2.05, 4.69) is 9.47 Å². The summed E-state index contributed by atoms with van der Waals surface area (Å²) in [6.45, 7) is 4.26. The van der Waals surface area contributed by atoms with Crippen LogP contribution in [0.3, 0.4) is 0 Å². The van der Waals surface area contributed by atoms with Crippen molar-refractivity contribution in [2.75, 3.05) is 0 Å². The van der Waals surface area contributed by atoms with Crippen molar-refractivity contribution < 1.29 is 28.7 Å². The lowest BCUT2D eigenvalue weighted by atomic mass is 9.83. The number of hydrogen-bond acceptors (Lipinski definition) is 6. The third-order valence-electron chi connectivity index (χ3n) is 4.87. The lowest BCUT2D eigenvalue weighted by Crippen LogP contribution is -2.27. The van der Waals surface area contributed by atoms with Crippen molar-refractivity contribution in [2.24, 2.45) is 35.5 Å². The van der Waals surface area contributed by atoms with E-state index >= 15 is 0 Å². The van der Waals surface area contributed by atoms with E-state index in [-0.39, 0.29) is 48.5 Å². The smallest absolute Gasteiger partial charge is 0.316 e. The SMILES string of the molecule is CC1CC(C(=O)OC=O)C2C(C)CC(C(=O)OC=O)C12. The Morgan fingerprint density at radius 2 is 1.20 bits per heavy atom. The molecule has 2 saturated carbocycles. The highest BCUT2D eigenvalue weighted by atomic mass is 16.6. The molecule has 0 aromatic heterocycles. The molecule has 6 heteroatoms. The zero-order chi connectivity index (χ0) is 14.9. The maximum atomic E-state index is 11.9. The van der Waals surface area contributed by atoms with Crippen LogP contribution < -0.4 is 0 Å². The van der Waals surface area contributed by atoms with Gasteiger partial charge in [0, 0.05) is 0 Å². The monoisotopic (exact) mass is 282 g/mol. The molecule has 20 heavy (non-hydrogen) atoms. The zero-order valence-corrected chi connectivity index (χ0v) is 11.5. The van der Waals surface area contributed by atoms with Gasteiger partial charge in [-0.2, -0.15) is 0 Å². The van der Waals surface area contributed by atoms with Gasteiger partial charge in [0.25, 0.3) is 0 Å². The third-order valence-corrected chi connectivity index (χ3v) is 4.87. The minimum atomic E-state index is -0.518. The number of hydrogen-bond donors (Lipinski definition) is 0. The predicted molar refractivity (Wildman–Crippen MR) is 65.8 cm³/mol. The number of rotatable bonds is 4. The average Bonchev–Trinajstić information content (AvgIpc) is 2.90. The molecule has 110 valence electrons. The van der Waals surface area contributed by atoms with Gasteiger partial charge in [0.05, 0.1) is 11.8 Å². The summed E-state index contributed by atoms with van der Waals surface area (Å²) >= 11 is 0. The Morgan fingerprint density at radius 3 is 1.50 bits per heavy atom. The molecular weight excluding hydrogens is 264 g/mol. The lowest BCUT2D eigenvalue weighted by molar-refractivity contribution is -0.158. The van der Waals surface area contributed by atoms with Crippen molar-refractivity contribution in [3.05, 3.63) is 0 Å². The number of fused-ring (bicyclic) bond motifs is 1. The maximum Gasteiger partial charge on any atom is 0.316 e. The highest BCUT2D eigenvalue weighted by Gasteiger charge is 2.57. The standard InChI is InChI=1S/C14H18O6/c1-7-3-9(13(17)19-5-15)12-8(2)4-10(11(7)12)14(18)20-6-16/h5-12H,3-4H2,1-2H3. The van der Waals surface area contributed by atoms with Crippen LogP contribution in [0.25, 0.3) is 0 Å². The molecule has 0 aliphatic heterocycles. The van der Waals surface area contributed by atoms with Gasteiger partial charge in [0.1, 0.15) is 0 Å². The van der Waals surface area contributed by atoms with Crippen LogP contribution in [0.2, 0.25) is 0 Å². The van der Waals surface area contributed by atoms with Crippen LogP contribution in [0.1, 0.15) is 26.7 Å². The second-order valence-electron chi connectivity index (χ2n) is 5.86. The van der Waals surface area contributed by atoms with Crippen LogP contribution in [0.4, 0.5) is 0 Å². The van der Waals surface area contributed by atoms with Crippen LogP contribution in [0.5, 0.6) is 0 Å². The van der Waals surface area contributed by atoms with Gasteiger partial charge in [0.15, 0.2) is 0 Å². The summed E-state index contributed by atoms with van der Waals surface area (Å²) in [6, 6.07) is 0. The molecule has 6 unspecified atom stereocenters. The summed E-state index contributed by atoms with van der Waals surface area (Å²) in [5.41, 5.74) is 0. The molecule has 0 aromatic carbocycles. The molecule has 0 bridgehead atoms. The molecule has 0 amide bonds. The number of carbonyl (C=O) groups is 4. The van der Waals surface area contributed by atoms with Gasteiger partial charge in [-0.1, -0.05) is 13.8 Å². The Bertz CT molecular complexity index is 391. The number of carbonyl (C=O) groups excluding carboxylic acids is 4. The van der Waals surface area contributed by atoms with Crippen molar-refractivity contribution in [2.45, 2.75) is 26.7 Å². The van der Waals surface area contributed by atoms with E-state index in [9.17, 15) is 19.2 Å². The largest absolute Gasteiger partial charge is 0.395 e. The molecule has 0 N–H and O–H groups in total. The zero-order valence-electron chi connectivity index (χ0n) is 11.5. The second kappa shape index (κ2) is 5.73. The van der Waals surface area contributed by atoms with Crippen molar-refractivity contribution in [3.63, 3.8) is 0 Å². The van der Waals surface area contributed by atoms with E-state index in [1.807, 2.05) is 13.8 Å². The molecule has 0 radical (unpaired) electrons. The highest BCUT2D eigenvalue weighted by molar-refractivity contribution is 5.81.